The minimum atomic E-state index is -3.70. The molecule has 1 aliphatic heterocycles. The topological polar surface area (TPSA) is 81.0 Å². The number of carbonyl (C=O) groups excluding carboxylic acids is 1. The molecule has 2 aromatic carbocycles. The van der Waals surface area contributed by atoms with Crippen LogP contribution < -0.4 is 9.54 Å². The first-order valence-electron chi connectivity index (χ1n) is 10.2. The Kier molecular flexibility index (Phi) is 6.44. The fraction of sp³-hybridized carbons (Fsp3) is 0.364. The Morgan fingerprint density at radius 3 is 2.66 bits per heavy atom. The minimum absolute atomic E-state index is 0.121. The van der Waals surface area contributed by atoms with Crippen LogP contribution >= 0.6 is 22.9 Å². The van der Waals surface area contributed by atoms with Crippen LogP contribution in [0.25, 0.3) is 10.2 Å². The number of methoxy groups -OCH3 is 1. The molecule has 1 atom stereocenters. The fourth-order valence-electron chi connectivity index (χ4n) is 4.02. The van der Waals surface area contributed by atoms with Gasteiger partial charge in [-0.1, -0.05) is 22.9 Å². The molecule has 0 radical (unpaired) electrons. The average molecular weight is 494 g/mol. The smallest absolute Gasteiger partial charge is 0.252 e. The van der Waals surface area contributed by atoms with E-state index in [-0.39, 0.29) is 17.3 Å². The third-order valence-electron chi connectivity index (χ3n) is 5.69. The summed E-state index contributed by atoms with van der Waals surface area (Å²) in [5, 5.41) is 0.640. The van der Waals surface area contributed by atoms with Crippen LogP contribution in [0.15, 0.2) is 46.3 Å². The first kappa shape index (κ1) is 23.0. The van der Waals surface area contributed by atoms with Crippen molar-refractivity contribution in [2.75, 3.05) is 20.2 Å². The van der Waals surface area contributed by atoms with Crippen molar-refractivity contribution in [3.63, 3.8) is 0 Å². The maximum Gasteiger partial charge on any atom is 0.252 e. The van der Waals surface area contributed by atoms with E-state index in [0.29, 0.717) is 35.0 Å². The fourth-order valence-corrected chi connectivity index (χ4v) is 7.02. The van der Waals surface area contributed by atoms with Gasteiger partial charge in [0.1, 0.15) is 5.75 Å². The van der Waals surface area contributed by atoms with Crippen molar-refractivity contribution in [3.05, 3.63) is 51.8 Å². The Balaban J connectivity index is 1.59. The number of piperidine rings is 1. The number of halogens is 1. The lowest BCUT2D eigenvalue weighted by Gasteiger charge is -2.30. The first-order valence-corrected chi connectivity index (χ1v) is 12.8. The van der Waals surface area contributed by atoms with Crippen molar-refractivity contribution in [3.8, 4) is 5.75 Å². The number of benzene rings is 2. The Labute approximate surface area is 196 Å². The van der Waals surface area contributed by atoms with Crippen molar-refractivity contribution in [2.45, 2.75) is 24.7 Å². The molecule has 0 bridgehead atoms. The zero-order valence-corrected chi connectivity index (χ0v) is 20.4. The lowest BCUT2D eigenvalue weighted by molar-refractivity contribution is -0.122. The van der Waals surface area contributed by atoms with Crippen molar-refractivity contribution in [2.24, 2.45) is 18.0 Å². The van der Waals surface area contributed by atoms with E-state index in [9.17, 15) is 13.2 Å². The number of sulfonamides is 1. The lowest BCUT2D eigenvalue weighted by Crippen LogP contribution is -2.42. The predicted octanol–water partition coefficient (Wildman–Crippen LogP) is 3.74. The molecule has 1 unspecified atom stereocenters. The van der Waals surface area contributed by atoms with Gasteiger partial charge in [-0.15, -0.1) is 0 Å². The van der Waals surface area contributed by atoms with E-state index in [4.69, 9.17) is 16.3 Å². The van der Waals surface area contributed by atoms with Crippen molar-refractivity contribution >= 4 is 49.1 Å². The van der Waals surface area contributed by atoms with Crippen molar-refractivity contribution in [1.82, 2.24) is 8.87 Å². The Bertz CT molecular complexity index is 1340. The Morgan fingerprint density at radius 1 is 1.25 bits per heavy atom. The lowest BCUT2D eigenvalue weighted by atomic mass is 9.99. The van der Waals surface area contributed by atoms with Gasteiger partial charge >= 0.3 is 0 Å². The summed E-state index contributed by atoms with van der Waals surface area (Å²) in [5.74, 6) is -0.195. The summed E-state index contributed by atoms with van der Waals surface area (Å²) in [5.41, 5.74) is 1.99. The van der Waals surface area contributed by atoms with Gasteiger partial charge in [0, 0.05) is 25.2 Å². The number of fused-ring (bicyclic) bond motifs is 1. The van der Waals surface area contributed by atoms with Crippen molar-refractivity contribution < 1.29 is 17.9 Å². The molecule has 0 aliphatic carbocycles. The standard InChI is InChI=1S/C22H24ClN3O4S2/c1-14-11-16(23)12-19-20(14)25(2)22(31-19)24-21(27)15-5-4-10-26(13-15)32(28,29)18-8-6-17(30-3)7-9-18/h6-9,11-12,15H,4-5,10,13H2,1-3H3. The van der Waals surface area contributed by atoms with Gasteiger partial charge in [0.15, 0.2) is 4.80 Å². The number of amides is 1. The number of hydrogen-bond donors (Lipinski definition) is 0. The highest BCUT2D eigenvalue weighted by Crippen LogP contribution is 2.27. The number of aromatic nitrogens is 1. The molecule has 7 nitrogen and oxygen atoms in total. The molecule has 1 saturated heterocycles. The van der Waals surface area contributed by atoms with Crippen LogP contribution in [-0.4, -0.2) is 43.4 Å². The molecular formula is C22H24ClN3O4S2. The number of rotatable bonds is 4. The highest BCUT2D eigenvalue weighted by atomic mass is 35.5. The maximum atomic E-state index is 13.1. The van der Waals surface area contributed by atoms with Gasteiger partial charge in [-0.05, 0) is 61.7 Å². The number of hydrogen-bond acceptors (Lipinski definition) is 5. The van der Waals surface area contributed by atoms with E-state index in [1.54, 1.807) is 12.1 Å². The summed E-state index contributed by atoms with van der Waals surface area (Å²) in [4.78, 5) is 18.1. The summed E-state index contributed by atoms with van der Waals surface area (Å²) < 4.78 is 35.5. The molecule has 3 aromatic rings. The van der Waals surface area contributed by atoms with E-state index in [2.05, 4.69) is 4.99 Å². The molecule has 4 rings (SSSR count). The first-order chi connectivity index (χ1) is 15.2. The molecule has 0 N–H and O–H groups in total. The second-order valence-electron chi connectivity index (χ2n) is 7.84. The van der Waals surface area contributed by atoms with Gasteiger partial charge in [-0.25, -0.2) is 8.42 Å². The van der Waals surface area contributed by atoms with E-state index in [1.807, 2.05) is 30.7 Å². The summed E-state index contributed by atoms with van der Waals surface area (Å²) in [7, 11) is -0.302. The molecule has 1 fully saturated rings. The van der Waals surface area contributed by atoms with Gasteiger partial charge in [0.05, 0.1) is 28.1 Å². The Morgan fingerprint density at radius 2 is 1.97 bits per heavy atom. The minimum Gasteiger partial charge on any atom is -0.497 e. The number of nitrogens with zero attached hydrogens (tertiary/aromatic N) is 3. The summed E-state index contributed by atoms with van der Waals surface area (Å²) >= 11 is 7.57. The zero-order chi connectivity index (χ0) is 23.0. The van der Waals surface area contributed by atoms with Gasteiger partial charge < -0.3 is 9.30 Å². The highest BCUT2D eigenvalue weighted by Gasteiger charge is 2.33. The molecule has 10 heteroatoms. The Hall–Kier alpha value is -2.20. The van der Waals surface area contributed by atoms with Crippen LogP contribution in [0.5, 0.6) is 5.75 Å². The van der Waals surface area contributed by atoms with E-state index >= 15 is 0 Å². The molecule has 2 heterocycles. The highest BCUT2D eigenvalue weighted by molar-refractivity contribution is 7.89. The molecule has 1 aliphatic rings. The average Bonchev–Trinajstić information content (AvgIpc) is 3.08. The van der Waals surface area contributed by atoms with Crippen LogP contribution in [0.4, 0.5) is 0 Å². The molecular weight excluding hydrogens is 470 g/mol. The van der Waals surface area contributed by atoms with Crippen LogP contribution in [0, 0.1) is 12.8 Å². The second kappa shape index (κ2) is 8.97. The number of carbonyl (C=O) groups is 1. The molecule has 170 valence electrons. The van der Waals surface area contributed by atoms with E-state index in [0.717, 1.165) is 15.8 Å². The van der Waals surface area contributed by atoms with Gasteiger partial charge in [0.2, 0.25) is 10.0 Å². The number of ether oxygens (including phenoxy) is 1. The molecule has 0 saturated carbocycles. The SMILES string of the molecule is COc1ccc(S(=O)(=O)N2CCCC(C(=O)N=c3sc4cc(Cl)cc(C)c4n3C)C2)cc1. The molecule has 32 heavy (non-hydrogen) atoms. The van der Waals surface area contributed by atoms with Crippen LogP contribution in [0.2, 0.25) is 5.02 Å². The third kappa shape index (κ3) is 4.34. The number of thiazole rings is 1. The van der Waals surface area contributed by atoms with Gasteiger partial charge in [-0.3, -0.25) is 4.79 Å². The van der Waals surface area contributed by atoms with Gasteiger partial charge in [-0.2, -0.15) is 9.30 Å². The van der Waals surface area contributed by atoms with Crippen LogP contribution in [0.1, 0.15) is 18.4 Å². The summed E-state index contributed by atoms with van der Waals surface area (Å²) in [6, 6.07) is 10.0. The van der Waals surface area contributed by atoms with Crippen LogP contribution in [-0.2, 0) is 21.9 Å². The van der Waals surface area contributed by atoms with E-state index in [1.165, 1.54) is 34.9 Å². The maximum absolute atomic E-state index is 13.1. The van der Waals surface area contributed by atoms with Crippen molar-refractivity contribution in [1.29, 1.82) is 0 Å². The largest absolute Gasteiger partial charge is 0.497 e. The predicted molar refractivity (Wildman–Crippen MR) is 126 cm³/mol. The monoisotopic (exact) mass is 493 g/mol. The third-order valence-corrected chi connectivity index (χ3v) is 8.87. The van der Waals surface area contributed by atoms with Gasteiger partial charge in [0.25, 0.3) is 5.91 Å². The zero-order valence-electron chi connectivity index (χ0n) is 18.0. The molecule has 0 spiro atoms. The summed E-state index contributed by atoms with van der Waals surface area (Å²) in [6.45, 7) is 2.47. The molecule has 1 aromatic heterocycles. The summed E-state index contributed by atoms with van der Waals surface area (Å²) in [6.07, 6.45) is 1.21. The van der Waals surface area contributed by atoms with E-state index < -0.39 is 15.9 Å². The quantitative estimate of drug-likeness (QED) is 0.554. The normalized spacial score (nSPS) is 18.2. The second-order valence-corrected chi connectivity index (χ2v) is 11.2. The molecule has 1 amide bonds. The van der Waals surface area contributed by atoms with Crippen LogP contribution in [0.3, 0.4) is 0 Å². The number of aryl methyl sites for hydroxylation is 2.